The Morgan fingerprint density at radius 1 is 1.09 bits per heavy atom. The molecule has 5 atom stereocenters. The molecule has 0 saturated heterocycles. The van der Waals surface area contributed by atoms with E-state index < -0.39 is 64.1 Å². The van der Waals surface area contributed by atoms with Gasteiger partial charge in [0.15, 0.2) is 0 Å². The van der Waals surface area contributed by atoms with Crippen LogP contribution in [0.4, 0.5) is 22.0 Å². The molecule has 46 heavy (non-hydrogen) atoms. The van der Waals surface area contributed by atoms with E-state index in [1.807, 2.05) is 18.2 Å². The second-order valence-corrected chi connectivity index (χ2v) is 13.6. The first-order valence-electron chi connectivity index (χ1n) is 14.8. The highest BCUT2D eigenvalue weighted by Gasteiger charge is 2.38. The minimum absolute atomic E-state index is 0.0962. The van der Waals surface area contributed by atoms with Gasteiger partial charge in [0.25, 0.3) is 0 Å². The van der Waals surface area contributed by atoms with Crippen molar-refractivity contribution in [3.05, 3.63) is 76.9 Å². The van der Waals surface area contributed by atoms with E-state index in [1.165, 1.54) is 7.11 Å². The number of benzene rings is 2. The van der Waals surface area contributed by atoms with E-state index in [1.54, 1.807) is 12.2 Å². The van der Waals surface area contributed by atoms with Crippen LogP contribution in [0, 0.1) is 11.6 Å². The van der Waals surface area contributed by atoms with Crippen molar-refractivity contribution < 1.29 is 49.7 Å². The van der Waals surface area contributed by atoms with Gasteiger partial charge >= 0.3 is 6.18 Å². The summed E-state index contributed by atoms with van der Waals surface area (Å²) in [5.74, 6) is -3.26. The third kappa shape index (κ3) is 9.47. The molecule has 254 valence electrons. The minimum atomic E-state index is -4.73. The van der Waals surface area contributed by atoms with Gasteiger partial charge in [-0.25, -0.2) is 17.2 Å². The maximum Gasteiger partial charge on any atom is 0.390 e. The summed E-state index contributed by atoms with van der Waals surface area (Å²) in [5.41, 5.74) is 1.94. The molecule has 1 heterocycles. The number of fused-ring (bicyclic) bond motifs is 5. The summed E-state index contributed by atoms with van der Waals surface area (Å²) < 4.78 is 105. The molecule has 0 radical (unpaired) electrons. The average Bonchev–Trinajstić information content (AvgIpc) is 3.33. The van der Waals surface area contributed by atoms with Crippen LogP contribution < -0.4 is 15.4 Å². The van der Waals surface area contributed by atoms with Crippen LogP contribution in [0.1, 0.15) is 54.5 Å². The Hall–Kier alpha value is -3.11. The number of ether oxygens (including phenoxy) is 2. The third-order valence-corrected chi connectivity index (χ3v) is 10.1. The van der Waals surface area contributed by atoms with Crippen molar-refractivity contribution in [2.24, 2.45) is 0 Å². The average molecular weight is 676 g/mol. The predicted molar refractivity (Wildman–Crippen MR) is 159 cm³/mol. The SMILES string of the molecule is COc1ccc2c(c1)[C@@H]1C[C@H]2OC/C=C/CC[C@H](N(C)S(=O)(=O)CCC(F)(F)F)C(=O)N[C@@H](Cc2cc(F)cc(F)c2)[C@H](O)CN1. The molecule has 0 aromatic heterocycles. The summed E-state index contributed by atoms with van der Waals surface area (Å²) in [6.45, 7) is 0.107. The van der Waals surface area contributed by atoms with Crippen LogP contribution in [0.25, 0.3) is 0 Å². The van der Waals surface area contributed by atoms with Crippen LogP contribution >= 0.6 is 0 Å². The van der Waals surface area contributed by atoms with Gasteiger partial charge in [0, 0.05) is 25.7 Å². The summed E-state index contributed by atoms with van der Waals surface area (Å²) in [6.07, 6.45) is -4.20. The second kappa shape index (κ2) is 15.2. The number of halogens is 5. The highest BCUT2D eigenvalue weighted by Crippen LogP contribution is 2.42. The molecule has 4 rings (SSSR count). The number of carbonyl (C=O) groups excluding carboxylic acids is 1. The number of carbonyl (C=O) groups is 1. The molecule has 15 heteroatoms. The van der Waals surface area contributed by atoms with Crippen molar-refractivity contribution in [3.8, 4) is 5.75 Å². The van der Waals surface area contributed by atoms with Crippen molar-refractivity contribution in [2.45, 2.75) is 68.6 Å². The monoisotopic (exact) mass is 675 g/mol. The number of hydrogen-bond donors (Lipinski definition) is 3. The van der Waals surface area contributed by atoms with Gasteiger partial charge in [-0.1, -0.05) is 18.2 Å². The molecule has 2 bridgehead atoms. The van der Waals surface area contributed by atoms with Crippen molar-refractivity contribution in [1.82, 2.24) is 14.9 Å². The van der Waals surface area contributed by atoms with Gasteiger partial charge in [-0.3, -0.25) is 4.79 Å². The lowest BCUT2D eigenvalue weighted by molar-refractivity contribution is -0.130. The first kappa shape index (κ1) is 35.7. The van der Waals surface area contributed by atoms with Gasteiger partial charge in [0.2, 0.25) is 15.9 Å². The van der Waals surface area contributed by atoms with Gasteiger partial charge in [0.1, 0.15) is 23.4 Å². The van der Waals surface area contributed by atoms with Gasteiger partial charge in [-0.2, -0.15) is 17.5 Å². The molecule has 9 nitrogen and oxygen atoms in total. The first-order valence-corrected chi connectivity index (χ1v) is 16.4. The zero-order valence-corrected chi connectivity index (χ0v) is 26.2. The fraction of sp³-hybridized carbons (Fsp3) is 0.516. The minimum Gasteiger partial charge on any atom is -0.497 e. The predicted octanol–water partition coefficient (Wildman–Crippen LogP) is 4.09. The maximum atomic E-state index is 14.0. The quantitative estimate of drug-likeness (QED) is 0.299. The summed E-state index contributed by atoms with van der Waals surface area (Å²) in [6, 6.07) is 5.44. The number of hydrogen-bond acceptors (Lipinski definition) is 7. The Balaban J connectivity index is 1.65. The first-order chi connectivity index (χ1) is 21.7. The standard InChI is InChI=1S/C31H38F5N3O6S/c1-39(46(42,43)11-9-31(34,35)36)27-6-4-3-5-10-45-29-17-25(24-16-22(44-2)7-8-23(24)29)37-18-28(40)26(38-30(27)41)14-19-12-20(32)15-21(33)13-19/h3,5,7-8,12-13,15-16,25-29,37,40H,4,6,9-11,14,17-18H2,1-2H3,(H,38,41)/b5-3+/t25-,26-,27-,28+,29+/m0/s1. The summed E-state index contributed by atoms with van der Waals surface area (Å²) >= 11 is 0. The van der Waals surface area contributed by atoms with E-state index >= 15 is 0 Å². The number of likely N-dealkylation sites (N-methyl/N-ethyl adjacent to an activating group) is 1. The van der Waals surface area contributed by atoms with Crippen LogP contribution in [0.2, 0.25) is 0 Å². The van der Waals surface area contributed by atoms with Crippen molar-refractivity contribution in [2.75, 3.05) is 33.1 Å². The molecule has 2 aliphatic rings. The van der Waals surface area contributed by atoms with Crippen molar-refractivity contribution in [3.63, 3.8) is 0 Å². The van der Waals surface area contributed by atoms with Gasteiger partial charge < -0.3 is 25.2 Å². The Morgan fingerprint density at radius 2 is 1.80 bits per heavy atom. The number of methoxy groups -OCH3 is 1. The smallest absolute Gasteiger partial charge is 0.390 e. The number of allylic oxidation sites excluding steroid dienone is 1. The van der Waals surface area contributed by atoms with E-state index in [0.717, 1.165) is 30.3 Å². The largest absolute Gasteiger partial charge is 0.497 e. The Labute approximate surface area is 264 Å². The van der Waals surface area contributed by atoms with Crippen molar-refractivity contribution in [1.29, 1.82) is 0 Å². The zero-order valence-electron chi connectivity index (χ0n) is 25.4. The Morgan fingerprint density at radius 3 is 2.48 bits per heavy atom. The number of sulfonamides is 1. The van der Waals surface area contributed by atoms with Gasteiger partial charge in [0.05, 0.1) is 44.1 Å². The van der Waals surface area contributed by atoms with Crippen LogP contribution in [0.5, 0.6) is 5.75 Å². The lowest BCUT2D eigenvalue weighted by atomic mass is 9.99. The number of nitrogens with one attached hydrogen (secondary N) is 2. The van der Waals surface area contributed by atoms with E-state index in [0.29, 0.717) is 22.5 Å². The number of alkyl halides is 3. The molecule has 0 spiro atoms. The van der Waals surface area contributed by atoms with Gasteiger partial charge in [-0.15, -0.1) is 0 Å². The molecule has 0 saturated carbocycles. The molecule has 1 aliphatic heterocycles. The number of aliphatic hydroxyl groups excluding tert-OH is 1. The number of amides is 1. The topological polar surface area (TPSA) is 117 Å². The zero-order chi connectivity index (χ0) is 33.6. The Bertz CT molecular complexity index is 1490. The third-order valence-electron chi connectivity index (χ3n) is 8.20. The Kier molecular flexibility index (Phi) is 11.8. The fourth-order valence-corrected chi connectivity index (χ4v) is 7.08. The molecule has 1 amide bonds. The van der Waals surface area contributed by atoms with Crippen molar-refractivity contribution >= 4 is 15.9 Å². The summed E-state index contributed by atoms with van der Waals surface area (Å²) in [4.78, 5) is 13.7. The molecule has 0 fully saturated rings. The second-order valence-electron chi connectivity index (χ2n) is 11.4. The highest BCUT2D eigenvalue weighted by atomic mass is 32.2. The number of nitrogens with zero attached hydrogens (tertiary/aromatic N) is 1. The van der Waals surface area contributed by atoms with Crippen LogP contribution in [-0.2, 0) is 26.0 Å². The molecular weight excluding hydrogens is 637 g/mol. The molecule has 3 N–H and O–H groups in total. The van der Waals surface area contributed by atoms with E-state index in [2.05, 4.69) is 10.6 Å². The highest BCUT2D eigenvalue weighted by molar-refractivity contribution is 7.89. The molecule has 2 aromatic carbocycles. The summed E-state index contributed by atoms with van der Waals surface area (Å²) in [5, 5.41) is 17.2. The lowest BCUT2D eigenvalue weighted by Crippen LogP contribution is -2.55. The van der Waals surface area contributed by atoms with E-state index in [4.69, 9.17) is 9.47 Å². The lowest BCUT2D eigenvalue weighted by Gasteiger charge is -2.31. The van der Waals surface area contributed by atoms with E-state index in [9.17, 15) is 40.3 Å². The van der Waals surface area contributed by atoms with Gasteiger partial charge in [-0.05, 0) is 66.6 Å². The number of β-amino-alcohol motifs (C(OH)–C–C–N with tert-alkyl or cyclic N) is 1. The molecule has 0 unspecified atom stereocenters. The number of aliphatic hydroxyl groups is 1. The van der Waals surface area contributed by atoms with E-state index in [-0.39, 0.29) is 50.1 Å². The summed E-state index contributed by atoms with van der Waals surface area (Å²) in [7, 11) is -1.97. The fourth-order valence-electron chi connectivity index (χ4n) is 5.72. The van der Waals surface area contributed by atoms with Crippen LogP contribution in [-0.4, -0.2) is 81.2 Å². The molecule has 2 aromatic rings. The molecular formula is C31H38F5N3O6S. The maximum absolute atomic E-state index is 14.0. The molecule has 1 aliphatic carbocycles. The van der Waals surface area contributed by atoms with Crippen LogP contribution in [0.15, 0.2) is 48.6 Å². The normalized spacial score (nSPS) is 25.6. The van der Waals surface area contributed by atoms with Crippen LogP contribution in [0.3, 0.4) is 0 Å². The number of rotatable bonds is 7.